The summed E-state index contributed by atoms with van der Waals surface area (Å²) in [6.45, 7) is 0.984. The van der Waals surface area contributed by atoms with Gasteiger partial charge >= 0.3 is 5.97 Å². The number of carbonyl (C=O) groups is 3. The molecule has 2 aliphatic carbocycles. The van der Waals surface area contributed by atoms with Crippen LogP contribution in [0.4, 0.5) is 5.69 Å². The van der Waals surface area contributed by atoms with E-state index >= 15 is 0 Å². The Morgan fingerprint density at radius 3 is 2.79 bits per heavy atom. The molecule has 1 saturated carbocycles. The average molecular weight is 388 g/mol. The van der Waals surface area contributed by atoms with Crippen molar-refractivity contribution in [1.29, 1.82) is 0 Å². The lowest BCUT2D eigenvalue weighted by Crippen LogP contribution is -2.28. The Hall–Kier alpha value is -2.77. The van der Waals surface area contributed by atoms with Crippen molar-refractivity contribution in [1.82, 2.24) is 0 Å². The third kappa shape index (κ3) is 4.74. The van der Waals surface area contributed by atoms with Gasteiger partial charge in [0.1, 0.15) is 5.78 Å². The number of benzene rings is 1. The number of Topliss-reactive ketones (excluding diaryl/α,β-unsaturated/α-hetero) is 1. The quantitative estimate of drug-likeness (QED) is 0.435. The average Bonchev–Trinajstić information content (AvgIpc) is 3.19. The van der Waals surface area contributed by atoms with Gasteiger partial charge in [-0.05, 0) is 48.4 Å². The molecule has 3 rings (SSSR count). The molecule has 2 aliphatic rings. The van der Waals surface area contributed by atoms with Crippen molar-refractivity contribution in [2.24, 2.45) is 17.8 Å². The van der Waals surface area contributed by atoms with E-state index in [0.29, 0.717) is 5.69 Å². The van der Waals surface area contributed by atoms with Gasteiger partial charge in [0.15, 0.2) is 6.61 Å². The number of esters is 1. The largest absolute Gasteiger partial charge is 0.456 e. The number of nitro groups is 1. The van der Waals surface area contributed by atoms with E-state index in [1.807, 2.05) is 18.2 Å². The number of hydrogen-bond donors (Lipinski definition) is 1. The minimum Gasteiger partial charge on any atom is -0.456 e. The Kier molecular flexibility index (Phi) is 6.06. The van der Waals surface area contributed by atoms with Crippen molar-refractivity contribution in [3.63, 3.8) is 0 Å². The molecular formula is C20H24N2O6. The summed E-state index contributed by atoms with van der Waals surface area (Å²) in [5.41, 5.74) is 3.18. The number of hydrogen-bond acceptors (Lipinski definition) is 6. The first-order valence-corrected chi connectivity index (χ1v) is 9.55. The summed E-state index contributed by atoms with van der Waals surface area (Å²) in [6.07, 6.45) is 3.16. The summed E-state index contributed by atoms with van der Waals surface area (Å²) in [7, 11) is 0. The molecule has 0 aliphatic heterocycles. The fraction of sp³-hybridized carbons (Fsp3) is 0.550. The first-order chi connectivity index (χ1) is 13.3. The Labute approximate surface area is 162 Å². The van der Waals surface area contributed by atoms with Crippen molar-refractivity contribution in [2.75, 3.05) is 18.5 Å². The van der Waals surface area contributed by atoms with Gasteiger partial charge in [0, 0.05) is 28.9 Å². The maximum absolute atomic E-state index is 12.1. The van der Waals surface area contributed by atoms with Gasteiger partial charge in [0.2, 0.25) is 6.54 Å². The molecule has 1 amide bonds. The summed E-state index contributed by atoms with van der Waals surface area (Å²) >= 11 is 0. The molecule has 28 heavy (non-hydrogen) atoms. The van der Waals surface area contributed by atoms with Crippen molar-refractivity contribution >= 4 is 23.3 Å². The smallest absolute Gasteiger partial charge is 0.307 e. The van der Waals surface area contributed by atoms with Gasteiger partial charge in [0.05, 0.1) is 6.42 Å². The Morgan fingerprint density at radius 1 is 1.29 bits per heavy atom. The normalized spacial score (nSPS) is 23.3. The number of rotatable bonds is 7. The van der Waals surface area contributed by atoms with Gasteiger partial charge < -0.3 is 10.1 Å². The van der Waals surface area contributed by atoms with E-state index in [1.54, 1.807) is 6.92 Å². The minimum absolute atomic E-state index is 0.140. The predicted molar refractivity (Wildman–Crippen MR) is 100 cm³/mol. The number of amides is 1. The van der Waals surface area contributed by atoms with E-state index in [-0.39, 0.29) is 31.1 Å². The molecule has 8 nitrogen and oxygen atoms in total. The van der Waals surface area contributed by atoms with Crippen LogP contribution in [-0.4, -0.2) is 35.7 Å². The summed E-state index contributed by atoms with van der Waals surface area (Å²) < 4.78 is 4.99. The second-order valence-corrected chi connectivity index (χ2v) is 7.68. The molecule has 0 spiro atoms. The lowest BCUT2D eigenvalue weighted by atomic mass is 9.88. The molecule has 150 valence electrons. The topological polar surface area (TPSA) is 116 Å². The molecule has 0 unspecified atom stereocenters. The van der Waals surface area contributed by atoms with Crippen LogP contribution in [0, 0.1) is 27.9 Å². The van der Waals surface area contributed by atoms with Gasteiger partial charge in [-0.25, -0.2) is 0 Å². The Morgan fingerprint density at radius 2 is 2.04 bits per heavy atom. The molecule has 8 heteroatoms. The molecule has 0 heterocycles. The first kappa shape index (κ1) is 20.0. The van der Waals surface area contributed by atoms with Crippen LogP contribution in [-0.2, 0) is 32.0 Å². The van der Waals surface area contributed by atoms with Gasteiger partial charge in [-0.1, -0.05) is 13.0 Å². The maximum atomic E-state index is 12.1. The first-order valence-electron chi connectivity index (χ1n) is 9.55. The van der Waals surface area contributed by atoms with E-state index in [0.717, 1.165) is 19.3 Å². The number of fused-ring (bicyclic) bond motifs is 1. The van der Waals surface area contributed by atoms with E-state index in [2.05, 4.69) is 5.32 Å². The minimum atomic E-state index is -0.715. The van der Waals surface area contributed by atoms with Crippen LogP contribution in [0.5, 0.6) is 0 Å². The van der Waals surface area contributed by atoms with Crippen LogP contribution in [0.15, 0.2) is 18.2 Å². The molecule has 0 radical (unpaired) electrons. The van der Waals surface area contributed by atoms with Crippen molar-refractivity contribution in [3.05, 3.63) is 39.4 Å². The summed E-state index contributed by atoms with van der Waals surface area (Å²) in [5.74, 6) is -2.63. The van der Waals surface area contributed by atoms with Crippen LogP contribution < -0.4 is 5.32 Å². The predicted octanol–water partition coefficient (Wildman–Crippen LogP) is 2.17. The second-order valence-electron chi connectivity index (χ2n) is 7.68. The second kappa shape index (κ2) is 8.50. The standard InChI is InChI=1S/C20H24N2O6/c1-12-7-18(23)16(17(12)10-22(26)27)9-20(25)28-11-19(24)21-15-6-5-13-3-2-4-14(13)8-15/h5-6,8,12,16-17H,2-4,7,9-11H2,1H3,(H,21,24)/t12-,16+,17-/m1/s1. The number of aryl methyl sites for hydroxylation is 2. The summed E-state index contributed by atoms with van der Waals surface area (Å²) in [4.78, 5) is 46.5. The van der Waals surface area contributed by atoms with Crippen LogP contribution in [0.1, 0.15) is 37.3 Å². The highest BCUT2D eigenvalue weighted by Gasteiger charge is 2.44. The summed E-state index contributed by atoms with van der Waals surface area (Å²) in [6, 6.07) is 5.75. The zero-order chi connectivity index (χ0) is 20.3. The Balaban J connectivity index is 1.48. The molecular weight excluding hydrogens is 364 g/mol. The highest BCUT2D eigenvalue weighted by Crippen LogP contribution is 2.36. The van der Waals surface area contributed by atoms with E-state index in [4.69, 9.17) is 4.74 Å². The van der Waals surface area contributed by atoms with Crippen molar-refractivity contribution in [2.45, 2.75) is 39.0 Å². The zero-order valence-corrected chi connectivity index (χ0v) is 15.8. The number of ether oxygens (including phenoxy) is 1. The number of nitrogens with zero attached hydrogens (tertiary/aromatic N) is 1. The van der Waals surface area contributed by atoms with E-state index in [9.17, 15) is 24.5 Å². The fourth-order valence-corrected chi connectivity index (χ4v) is 4.23. The summed E-state index contributed by atoms with van der Waals surface area (Å²) in [5, 5.41) is 13.5. The number of anilines is 1. The van der Waals surface area contributed by atoms with Gasteiger partial charge in [-0.15, -0.1) is 0 Å². The lowest BCUT2D eigenvalue weighted by Gasteiger charge is -2.17. The van der Waals surface area contributed by atoms with Crippen LogP contribution in [0.3, 0.4) is 0 Å². The van der Waals surface area contributed by atoms with E-state index in [1.165, 1.54) is 11.1 Å². The molecule has 1 N–H and O–H groups in total. The third-order valence-corrected chi connectivity index (χ3v) is 5.68. The monoisotopic (exact) mass is 388 g/mol. The highest BCUT2D eigenvalue weighted by molar-refractivity contribution is 5.93. The Bertz CT molecular complexity index is 806. The molecule has 0 aromatic heterocycles. The fourth-order valence-electron chi connectivity index (χ4n) is 4.23. The maximum Gasteiger partial charge on any atom is 0.307 e. The van der Waals surface area contributed by atoms with Crippen molar-refractivity contribution < 1.29 is 24.0 Å². The van der Waals surface area contributed by atoms with E-state index < -0.39 is 35.2 Å². The van der Waals surface area contributed by atoms with Crippen LogP contribution >= 0.6 is 0 Å². The molecule has 0 saturated heterocycles. The lowest BCUT2D eigenvalue weighted by molar-refractivity contribution is -0.490. The zero-order valence-electron chi connectivity index (χ0n) is 15.8. The number of nitrogens with one attached hydrogen (secondary N) is 1. The van der Waals surface area contributed by atoms with Gasteiger partial charge in [-0.3, -0.25) is 24.5 Å². The highest BCUT2D eigenvalue weighted by atomic mass is 16.6. The molecule has 1 aromatic rings. The van der Waals surface area contributed by atoms with Crippen LogP contribution in [0.25, 0.3) is 0 Å². The molecule has 1 aromatic carbocycles. The molecule has 3 atom stereocenters. The number of carbonyl (C=O) groups excluding carboxylic acids is 3. The molecule has 0 bridgehead atoms. The van der Waals surface area contributed by atoms with Crippen molar-refractivity contribution in [3.8, 4) is 0 Å². The SMILES string of the molecule is C[C@@H]1CC(=O)[C@@H](CC(=O)OCC(=O)Nc2ccc3c(c2)CCC3)[C@@H]1C[N+](=O)[O-]. The van der Waals surface area contributed by atoms with Gasteiger partial charge in [-0.2, -0.15) is 0 Å². The van der Waals surface area contributed by atoms with Crippen LogP contribution in [0.2, 0.25) is 0 Å². The molecule has 1 fully saturated rings. The van der Waals surface area contributed by atoms with Gasteiger partial charge in [0.25, 0.3) is 5.91 Å². The third-order valence-electron chi connectivity index (χ3n) is 5.68. The number of ketones is 1.